The molecule has 0 saturated carbocycles. The molecular weight excluding hydrogens is 298 g/mol. The minimum absolute atomic E-state index is 0.907. The van der Waals surface area contributed by atoms with Gasteiger partial charge in [-0.05, 0) is 48.6 Å². The third kappa shape index (κ3) is 3.70. The van der Waals surface area contributed by atoms with Crippen LogP contribution in [-0.4, -0.2) is 33.2 Å². The highest BCUT2D eigenvalue weighted by Crippen LogP contribution is 2.27. The van der Waals surface area contributed by atoms with Crippen molar-refractivity contribution in [3.05, 3.63) is 59.7 Å². The molecule has 0 radical (unpaired) electrons. The lowest BCUT2D eigenvalue weighted by Gasteiger charge is -2.22. The van der Waals surface area contributed by atoms with Gasteiger partial charge in [0.2, 0.25) is 0 Å². The molecule has 2 aromatic carbocycles. The van der Waals surface area contributed by atoms with Crippen molar-refractivity contribution in [1.82, 2.24) is 5.32 Å². The molecule has 0 aliphatic carbocycles. The topological polar surface area (TPSA) is 36.9 Å². The maximum absolute atomic E-state index is 5.19. The number of aliphatic imine (C=N–C) groups is 1. The highest BCUT2D eigenvalue weighted by Gasteiger charge is 2.21. The molecule has 1 aliphatic rings. The molecule has 1 N–H and O–H groups in total. The van der Waals surface area contributed by atoms with E-state index in [1.54, 1.807) is 7.11 Å². The Hall–Kier alpha value is -2.49. The summed E-state index contributed by atoms with van der Waals surface area (Å²) in [5, 5.41) is 3.50. The zero-order chi connectivity index (χ0) is 16.8. The zero-order valence-corrected chi connectivity index (χ0v) is 14.5. The van der Waals surface area contributed by atoms with Crippen molar-refractivity contribution in [3.8, 4) is 5.75 Å². The standard InChI is InChI=1S/C20H25N3O/c1-21-20(23-15-13-17-7-3-4-8-19(17)23)22-14-5-6-16-9-11-18(24-2)12-10-16/h3-4,7-12H,5-6,13-15H2,1-2H3,(H,21,22). The van der Waals surface area contributed by atoms with Gasteiger partial charge >= 0.3 is 0 Å². The number of aryl methyl sites for hydroxylation is 1. The first-order chi connectivity index (χ1) is 11.8. The number of methoxy groups -OCH3 is 1. The Kier molecular flexibility index (Phi) is 5.36. The summed E-state index contributed by atoms with van der Waals surface area (Å²) in [6.45, 7) is 1.91. The summed E-state index contributed by atoms with van der Waals surface area (Å²) in [5.74, 6) is 1.87. The van der Waals surface area contributed by atoms with Gasteiger partial charge in [-0.15, -0.1) is 0 Å². The molecule has 24 heavy (non-hydrogen) atoms. The van der Waals surface area contributed by atoms with Crippen molar-refractivity contribution in [2.24, 2.45) is 4.99 Å². The molecule has 1 aliphatic heterocycles. The van der Waals surface area contributed by atoms with Gasteiger partial charge in [0.15, 0.2) is 5.96 Å². The van der Waals surface area contributed by atoms with Gasteiger partial charge in [-0.2, -0.15) is 0 Å². The third-order valence-electron chi connectivity index (χ3n) is 4.44. The number of ether oxygens (including phenoxy) is 1. The third-order valence-corrected chi connectivity index (χ3v) is 4.44. The molecule has 3 rings (SSSR count). The summed E-state index contributed by atoms with van der Waals surface area (Å²) in [6.07, 6.45) is 3.20. The van der Waals surface area contributed by atoms with Gasteiger partial charge in [0, 0.05) is 25.8 Å². The van der Waals surface area contributed by atoms with Crippen LogP contribution in [0.15, 0.2) is 53.5 Å². The monoisotopic (exact) mass is 323 g/mol. The van der Waals surface area contributed by atoms with Crippen LogP contribution in [-0.2, 0) is 12.8 Å². The van der Waals surface area contributed by atoms with Crippen molar-refractivity contribution < 1.29 is 4.74 Å². The van der Waals surface area contributed by atoms with Crippen molar-refractivity contribution in [2.75, 3.05) is 32.1 Å². The summed E-state index contributed by atoms with van der Waals surface area (Å²) in [7, 11) is 3.55. The van der Waals surface area contributed by atoms with E-state index in [0.29, 0.717) is 0 Å². The minimum Gasteiger partial charge on any atom is -0.497 e. The predicted molar refractivity (Wildman–Crippen MR) is 100 cm³/mol. The fourth-order valence-electron chi connectivity index (χ4n) is 3.14. The second kappa shape index (κ2) is 7.86. The summed E-state index contributed by atoms with van der Waals surface area (Å²) in [5.41, 5.74) is 4.01. The van der Waals surface area contributed by atoms with E-state index in [1.807, 2.05) is 19.2 Å². The van der Waals surface area contributed by atoms with Crippen molar-refractivity contribution in [2.45, 2.75) is 19.3 Å². The van der Waals surface area contributed by atoms with Gasteiger partial charge in [0.25, 0.3) is 0 Å². The molecule has 0 unspecified atom stereocenters. The Morgan fingerprint density at radius 3 is 2.71 bits per heavy atom. The predicted octanol–water partition coefficient (Wildman–Crippen LogP) is 3.27. The first-order valence-electron chi connectivity index (χ1n) is 8.51. The van der Waals surface area contributed by atoms with E-state index in [0.717, 1.165) is 44.1 Å². The Labute approximate surface area is 144 Å². The molecule has 0 spiro atoms. The van der Waals surface area contributed by atoms with Crippen molar-refractivity contribution in [3.63, 3.8) is 0 Å². The SMILES string of the molecule is CN=C(NCCCc1ccc(OC)cc1)N1CCc2ccccc21. The van der Waals surface area contributed by atoms with Gasteiger partial charge in [0.05, 0.1) is 7.11 Å². The van der Waals surface area contributed by atoms with Gasteiger partial charge in [-0.3, -0.25) is 4.99 Å². The normalized spacial score (nSPS) is 13.8. The molecule has 126 valence electrons. The molecule has 0 fully saturated rings. The van der Waals surface area contributed by atoms with E-state index in [4.69, 9.17) is 4.74 Å². The minimum atomic E-state index is 0.907. The Bertz CT molecular complexity index is 694. The van der Waals surface area contributed by atoms with E-state index >= 15 is 0 Å². The van der Waals surface area contributed by atoms with Gasteiger partial charge in [0.1, 0.15) is 5.75 Å². The van der Waals surface area contributed by atoms with Crippen molar-refractivity contribution in [1.29, 1.82) is 0 Å². The molecular formula is C20H25N3O. The molecule has 4 nitrogen and oxygen atoms in total. The summed E-state index contributed by atoms with van der Waals surface area (Å²) < 4.78 is 5.19. The summed E-state index contributed by atoms with van der Waals surface area (Å²) in [6, 6.07) is 16.9. The molecule has 0 saturated heterocycles. The number of fused-ring (bicyclic) bond motifs is 1. The number of guanidine groups is 1. The number of hydrogen-bond donors (Lipinski definition) is 1. The Balaban J connectivity index is 1.50. The van der Waals surface area contributed by atoms with Crippen LogP contribution in [0, 0.1) is 0 Å². The number of benzene rings is 2. The Morgan fingerprint density at radius 2 is 1.96 bits per heavy atom. The zero-order valence-electron chi connectivity index (χ0n) is 14.5. The van der Waals surface area contributed by atoms with Crippen LogP contribution in [0.5, 0.6) is 5.75 Å². The summed E-state index contributed by atoms with van der Waals surface area (Å²) >= 11 is 0. The average Bonchev–Trinajstić information content (AvgIpc) is 3.06. The van der Waals surface area contributed by atoms with Crippen LogP contribution < -0.4 is 15.0 Å². The quantitative estimate of drug-likeness (QED) is 0.521. The van der Waals surface area contributed by atoms with E-state index in [9.17, 15) is 0 Å². The second-order valence-corrected chi connectivity index (χ2v) is 5.96. The number of nitrogens with one attached hydrogen (secondary N) is 1. The van der Waals surface area contributed by atoms with Crippen LogP contribution >= 0.6 is 0 Å². The number of para-hydroxylation sites is 1. The fourth-order valence-corrected chi connectivity index (χ4v) is 3.14. The van der Waals surface area contributed by atoms with E-state index in [-0.39, 0.29) is 0 Å². The molecule has 4 heteroatoms. The first kappa shape index (κ1) is 16.4. The van der Waals surface area contributed by atoms with Gasteiger partial charge in [-0.1, -0.05) is 30.3 Å². The second-order valence-electron chi connectivity index (χ2n) is 5.96. The average molecular weight is 323 g/mol. The summed E-state index contributed by atoms with van der Waals surface area (Å²) in [4.78, 5) is 6.73. The van der Waals surface area contributed by atoms with Crippen LogP contribution in [0.4, 0.5) is 5.69 Å². The van der Waals surface area contributed by atoms with Gasteiger partial charge < -0.3 is 15.0 Å². The first-order valence-corrected chi connectivity index (χ1v) is 8.51. The van der Waals surface area contributed by atoms with E-state index in [1.165, 1.54) is 16.8 Å². The lowest BCUT2D eigenvalue weighted by molar-refractivity contribution is 0.414. The number of hydrogen-bond acceptors (Lipinski definition) is 2. The van der Waals surface area contributed by atoms with Crippen LogP contribution in [0.2, 0.25) is 0 Å². The molecule has 0 amide bonds. The van der Waals surface area contributed by atoms with E-state index < -0.39 is 0 Å². The number of rotatable bonds is 5. The number of nitrogens with zero attached hydrogens (tertiary/aromatic N) is 2. The van der Waals surface area contributed by atoms with Crippen LogP contribution in [0.25, 0.3) is 0 Å². The smallest absolute Gasteiger partial charge is 0.198 e. The molecule has 1 heterocycles. The maximum Gasteiger partial charge on any atom is 0.198 e. The van der Waals surface area contributed by atoms with Crippen LogP contribution in [0.1, 0.15) is 17.5 Å². The highest BCUT2D eigenvalue weighted by atomic mass is 16.5. The molecule has 0 bridgehead atoms. The van der Waals surface area contributed by atoms with Crippen LogP contribution in [0.3, 0.4) is 0 Å². The lowest BCUT2D eigenvalue weighted by Crippen LogP contribution is -2.41. The molecule has 2 aromatic rings. The molecule has 0 aromatic heterocycles. The number of anilines is 1. The molecule has 0 atom stereocenters. The lowest BCUT2D eigenvalue weighted by atomic mass is 10.1. The Morgan fingerprint density at radius 1 is 1.17 bits per heavy atom. The van der Waals surface area contributed by atoms with E-state index in [2.05, 4.69) is 51.6 Å². The maximum atomic E-state index is 5.19. The van der Waals surface area contributed by atoms with Gasteiger partial charge in [-0.25, -0.2) is 0 Å². The highest BCUT2D eigenvalue weighted by molar-refractivity contribution is 5.97. The fraction of sp³-hybridized carbons (Fsp3) is 0.350. The van der Waals surface area contributed by atoms with Crippen molar-refractivity contribution >= 4 is 11.6 Å². The largest absolute Gasteiger partial charge is 0.497 e.